The fourth-order valence-corrected chi connectivity index (χ4v) is 4.36. The van der Waals surface area contributed by atoms with Crippen LogP contribution in [0, 0.1) is 30.4 Å². The van der Waals surface area contributed by atoms with Gasteiger partial charge >= 0.3 is 27.2 Å². The van der Waals surface area contributed by atoms with Crippen molar-refractivity contribution in [2.75, 3.05) is 7.11 Å². The average molecular weight is 630 g/mol. The summed E-state index contributed by atoms with van der Waals surface area (Å²) < 4.78 is 65.4. The molecule has 0 N–H and O–H groups in total. The lowest BCUT2D eigenvalue weighted by molar-refractivity contribution is -0.597. The Bertz CT molecular complexity index is 983. The predicted octanol–water partition coefficient (Wildman–Crippen LogP) is -1.40. The molecule has 0 aromatic heterocycles. The Balaban J connectivity index is 0.00000300. The van der Waals surface area contributed by atoms with E-state index in [1.165, 1.54) is 12.1 Å². The summed E-state index contributed by atoms with van der Waals surface area (Å²) in [5.41, 5.74) is -0.00837. The van der Waals surface area contributed by atoms with Crippen molar-refractivity contribution in [1.29, 1.82) is 0 Å². The first-order valence-electron chi connectivity index (χ1n) is 7.83. The molecule has 0 bridgehead atoms. The minimum absolute atomic E-state index is 0. The van der Waals surface area contributed by atoms with E-state index in [4.69, 9.17) is 4.74 Å². The molecule has 0 atom stereocenters. The van der Waals surface area contributed by atoms with Crippen molar-refractivity contribution in [2.45, 2.75) is 0 Å². The number of halogens is 6. The number of methoxy groups -OCH3 is 1. The predicted molar refractivity (Wildman–Crippen MR) is 88.1 cm³/mol. The van der Waals surface area contributed by atoms with Gasteiger partial charge in [0.2, 0.25) is 17.4 Å². The van der Waals surface area contributed by atoms with E-state index in [2.05, 4.69) is 4.74 Å². The maximum atomic E-state index is 13.6. The normalized spacial score (nSPS) is 10.2. The van der Waals surface area contributed by atoms with E-state index in [0.717, 1.165) is 12.9 Å². The number of hydrogen-bond donors (Lipinski definition) is 0. The molecular formula is C20H12F4I2O3. The summed E-state index contributed by atoms with van der Waals surface area (Å²) in [4.78, 5) is 12.1. The second-order valence-electron chi connectivity index (χ2n) is 5.45. The topological polar surface area (TPSA) is 35.5 Å². The van der Waals surface area contributed by atoms with Gasteiger partial charge in [-0.1, -0.05) is 0 Å². The molecule has 0 spiro atoms. The van der Waals surface area contributed by atoms with Crippen molar-refractivity contribution in [3.8, 4) is 11.5 Å². The number of benzene rings is 3. The van der Waals surface area contributed by atoms with Crippen molar-refractivity contribution >= 4 is 5.97 Å². The summed E-state index contributed by atoms with van der Waals surface area (Å²) in [7, 11) is 1.58. The molecule has 3 rings (SSSR count). The second kappa shape index (κ2) is 10.2. The third-order valence-corrected chi connectivity index (χ3v) is 6.30. The fraction of sp³-hybridized carbons (Fsp3) is 0.0500. The highest BCUT2D eigenvalue weighted by molar-refractivity contribution is 5.91. The van der Waals surface area contributed by atoms with Gasteiger partial charge in [0.05, 0.1) is 12.7 Å². The molecular weight excluding hydrogens is 618 g/mol. The number of ether oxygens (including phenoxy) is 2. The number of rotatable bonds is 5. The highest BCUT2D eigenvalue weighted by atomic mass is 127. The first kappa shape index (κ1) is 23.4. The Morgan fingerprint density at radius 2 is 1.31 bits per heavy atom. The van der Waals surface area contributed by atoms with Crippen LogP contribution in [0.3, 0.4) is 0 Å². The Morgan fingerprint density at radius 1 is 0.828 bits per heavy atom. The quantitative estimate of drug-likeness (QED) is 0.115. The Kier molecular flexibility index (Phi) is 8.25. The van der Waals surface area contributed by atoms with Crippen molar-refractivity contribution in [3.63, 3.8) is 0 Å². The molecule has 0 saturated heterocycles. The summed E-state index contributed by atoms with van der Waals surface area (Å²) >= 11 is -0.517. The van der Waals surface area contributed by atoms with Gasteiger partial charge < -0.3 is 33.5 Å². The van der Waals surface area contributed by atoms with Gasteiger partial charge in [-0.15, -0.1) is 0 Å². The maximum Gasteiger partial charge on any atom is 0.357 e. The maximum absolute atomic E-state index is 13.6. The molecule has 0 fully saturated rings. The van der Waals surface area contributed by atoms with Gasteiger partial charge in [-0.3, -0.25) is 0 Å². The summed E-state index contributed by atoms with van der Waals surface area (Å²) in [5.74, 6) is -8.63. The molecule has 29 heavy (non-hydrogen) atoms. The third-order valence-electron chi connectivity index (χ3n) is 3.61. The molecule has 0 saturated carbocycles. The van der Waals surface area contributed by atoms with Crippen LogP contribution in [0.1, 0.15) is 10.4 Å². The highest BCUT2D eigenvalue weighted by Crippen LogP contribution is 2.27. The molecule has 0 aliphatic carbocycles. The van der Waals surface area contributed by atoms with Crippen LogP contribution in [0.4, 0.5) is 17.6 Å². The van der Waals surface area contributed by atoms with Crippen molar-refractivity contribution in [3.05, 3.63) is 90.6 Å². The zero-order valence-corrected chi connectivity index (χ0v) is 19.0. The highest BCUT2D eigenvalue weighted by Gasteiger charge is 2.24. The zero-order chi connectivity index (χ0) is 20.3. The van der Waals surface area contributed by atoms with Crippen LogP contribution >= 0.6 is 0 Å². The van der Waals surface area contributed by atoms with E-state index in [1.807, 2.05) is 24.3 Å². The van der Waals surface area contributed by atoms with Crippen LogP contribution in [0.2, 0.25) is 0 Å². The minimum Gasteiger partial charge on any atom is -1.00 e. The number of carbonyl (C=O) groups excluding carboxylic acids is 1. The van der Waals surface area contributed by atoms with E-state index in [1.54, 1.807) is 19.2 Å². The molecule has 152 valence electrons. The van der Waals surface area contributed by atoms with Gasteiger partial charge in [-0.25, -0.2) is 13.6 Å². The molecule has 0 amide bonds. The minimum atomic E-state index is -1.77. The summed E-state index contributed by atoms with van der Waals surface area (Å²) in [6.45, 7) is 0. The number of hydrogen-bond acceptors (Lipinski definition) is 3. The SMILES string of the molecule is COc1ccc([I+]c2ccc(C(=O)Oc3c(F)c(F)cc(F)c3F)cc2)cc1.[I-]. The van der Waals surface area contributed by atoms with E-state index in [0.29, 0.717) is 0 Å². The smallest absolute Gasteiger partial charge is 0.357 e. The van der Waals surface area contributed by atoms with Gasteiger partial charge in [0.15, 0.2) is 18.8 Å². The first-order chi connectivity index (χ1) is 13.4. The molecule has 3 nitrogen and oxygen atoms in total. The van der Waals surface area contributed by atoms with Gasteiger partial charge in [0.25, 0.3) is 0 Å². The van der Waals surface area contributed by atoms with Gasteiger partial charge in [-0.2, -0.15) is 8.78 Å². The molecule has 0 radical (unpaired) electrons. The molecule has 0 aliphatic rings. The fourth-order valence-electron chi connectivity index (χ4n) is 2.20. The Morgan fingerprint density at radius 3 is 1.79 bits per heavy atom. The molecule has 3 aromatic carbocycles. The van der Waals surface area contributed by atoms with Gasteiger partial charge in [0, 0.05) is 6.07 Å². The lowest BCUT2D eigenvalue weighted by Gasteiger charge is -2.07. The van der Waals surface area contributed by atoms with Crippen LogP contribution in [0.25, 0.3) is 0 Å². The van der Waals surface area contributed by atoms with E-state index in [9.17, 15) is 22.4 Å². The summed E-state index contributed by atoms with van der Waals surface area (Å²) in [6.07, 6.45) is 0. The largest absolute Gasteiger partial charge is 1.00 e. The van der Waals surface area contributed by atoms with E-state index in [-0.39, 0.29) is 35.6 Å². The van der Waals surface area contributed by atoms with Crippen molar-refractivity contribution in [1.82, 2.24) is 0 Å². The zero-order valence-electron chi connectivity index (χ0n) is 14.7. The van der Waals surface area contributed by atoms with Crippen molar-refractivity contribution < 1.29 is 77.0 Å². The van der Waals surface area contributed by atoms with E-state index >= 15 is 0 Å². The van der Waals surface area contributed by atoms with E-state index < -0.39 is 56.2 Å². The standard InChI is InChI=1S/C20H12F4IO3.HI/c1-27-14-8-6-13(7-9-14)25-12-4-2-11(3-5-12)20(26)28-19-17(23)15(21)10-16(22)18(19)24;/h2-10H,1H3;1H/q+1;/p-1. The van der Waals surface area contributed by atoms with Gasteiger partial charge in [-0.05, 0) is 48.5 Å². The average Bonchev–Trinajstić information content (AvgIpc) is 2.70. The number of carbonyl (C=O) groups is 1. The Labute approximate surface area is 191 Å². The Hall–Kier alpha value is -1.89. The van der Waals surface area contributed by atoms with Crippen LogP contribution in [0.5, 0.6) is 11.5 Å². The van der Waals surface area contributed by atoms with Crippen LogP contribution in [0.15, 0.2) is 54.6 Å². The molecule has 0 heterocycles. The molecule has 0 unspecified atom stereocenters. The summed E-state index contributed by atoms with van der Waals surface area (Å²) in [5, 5.41) is 0. The van der Waals surface area contributed by atoms with Crippen LogP contribution in [-0.4, -0.2) is 13.1 Å². The van der Waals surface area contributed by atoms with Crippen LogP contribution in [-0.2, 0) is 0 Å². The summed E-state index contributed by atoms with van der Waals surface area (Å²) in [6, 6.07) is 13.8. The number of esters is 1. The van der Waals surface area contributed by atoms with Crippen LogP contribution < -0.4 is 54.7 Å². The lowest BCUT2D eigenvalue weighted by atomic mass is 10.2. The van der Waals surface area contributed by atoms with Crippen molar-refractivity contribution in [2.24, 2.45) is 0 Å². The third kappa shape index (κ3) is 5.59. The molecule has 0 aliphatic heterocycles. The molecule has 9 heteroatoms. The van der Waals surface area contributed by atoms with Gasteiger partial charge in [0.1, 0.15) is 5.75 Å². The monoisotopic (exact) mass is 630 g/mol. The molecule has 3 aromatic rings. The lowest BCUT2D eigenvalue weighted by Crippen LogP contribution is -3.61. The first-order valence-corrected chi connectivity index (χ1v) is 9.99. The second-order valence-corrected chi connectivity index (χ2v) is 8.48.